The van der Waals surface area contributed by atoms with E-state index in [4.69, 9.17) is 0 Å². The Morgan fingerprint density at radius 1 is 1.04 bits per heavy atom. The minimum atomic E-state index is 0.0247. The molecular weight excluding hydrogens is 334 g/mol. The number of H-pyrrole nitrogens is 1. The van der Waals surface area contributed by atoms with E-state index >= 15 is 0 Å². The lowest BCUT2D eigenvalue weighted by Crippen LogP contribution is -2.25. The first kappa shape index (κ1) is 17.8. The maximum atomic E-state index is 12.3. The highest BCUT2D eigenvalue weighted by atomic mass is 16.1. The van der Waals surface area contributed by atoms with Gasteiger partial charge in [0, 0.05) is 35.2 Å². The molecule has 2 aromatic carbocycles. The second-order valence-corrected chi connectivity index (χ2v) is 7.19. The third kappa shape index (κ3) is 3.37. The summed E-state index contributed by atoms with van der Waals surface area (Å²) in [5.41, 5.74) is 6.76. The molecule has 2 heterocycles. The molecule has 0 saturated carbocycles. The topological polar surface area (TPSA) is 48.1 Å². The van der Waals surface area contributed by atoms with Crippen LogP contribution in [0.4, 0.5) is 0 Å². The van der Waals surface area contributed by atoms with Crippen LogP contribution in [0.1, 0.15) is 35.3 Å². The Morgan fingerprint density at radius 2 is 1.81 bits per heavy atom. The largest absolute Gasteiger partial charge is 0.354 e. The number of carbonyl (C=O) groups excluding carboxylic acids is 1. The average molecular weight is 361 g/mol. The molecule has 3 aromatic rings. The first-order chi connectivity index (χ1) is 13.2. The molecule has 0 saturated heterocycles. The Morgan fingerprint density at radius 3 is 2.56 bits per heavy atom. The molecule has 0 aliphatic carbocycles. The Labute approximate surface area is 160 Å². The minimum Gasteiger partial charge on any atom is -0.354 e. The van der Waals surface area contributed by atoms with Gasteiger partial charge >= 0.3 is 0 Å². The molecule has 4 nitrogen and oxygen atoms in total. The van der Waals surface area contributed by atoms with E-state index in [1.54, 1.807) is 0 Å². The molecule has 0 unspecified atom stereocenters. The summed E-state index contributed by atoms with van der Waals surface area (Å²) in [5, 5.41) is 4.08. The van der Waals surface area contributed by atoms with Crippen molar-refractivity contribution in [2.24, 2.45) is 0 Å². The molecule has 1 aromatic heterocycles. The van der Waals surface area contributed by atoms with Gasteiger partial charge in [-0.25, -0.2) is 0 Å². The van der Waals surface area contributed by atoms with Gasteiger partial charge in [-0.1, -0.05) is 44.2 Å². The van der Waals surface area contributed by atoms with E-state index in [-0.39, 0.29) is 5.91 Å². The molecule has 4 rings (SSSR count). The van der Waals surface area contributed by atoms with Gasteiger partial charge in [-0.3, -0.25) is 4.79 Å². The SMILES string of the molecule is CCN(CC)CCc1ccc(-c2[nH]c3cccc4c3c2CCNC4=O)cc1. The van der Waals surface area contributed by atoms with Gasteiger partial charge in [-0.05, 0) is 54.8 Å². The number of carbonyl (C=O) groups is 1. The molecule has 0 bridgehead atoms. The first-order valence-electron chi connectivity index (χ1n) is 9.94. The summed E-state index contributed by atoms with van der Waals surface area (Å²) in [7, 11) is 0. The van der Waals surface area contributed by atoms with E-state index in [1.807, 2.05) is 12.1 Å². The summed E-state index contributed by atoms with van der Waals surface area (Å²) in [4.78, 5) is 18.3. The predicted octanol–water partition coefficient (Wildman–Crippen LogP) is 4.01. The van der Waals surface area contributed by atoms with Crippen molar-refractivity contribution in [3.8, 4) is 11.3 Å². The fourth-order valence-electron chi connectivity index (χ4n) is 4.06. The van der Waals surface area contributed by atoms with Crippen molar-refractivity contribution in [3.63, 3.8) is 0 Å². The molecule has 0 fully saturated rings. The molecule has 2 N–H and O–H groups in total. The first-order valence-corrected chi connectivity index (χ1v) is 9.94. The summed E-state index contributed by atoms with van der Waals surface area (Å²) >= 11 is 0. The fraction of sp³-hybridized carbons (Fsp3) is 0.348. The van der Waals surface area contributed by atoms with Crippen molar-refractivity contribution in [1.29, 1.82) is 0 Å². The number of amides is 1. The van der Waals surface area contributed by atoms with E-state index in [1.165, 1.54) is 16.7 Å². The van der Waals surface area contributed by atoms with E-state index in [9.17, 15) is 4.79 Å². The number of aromatic nitrogens is 1. The molecule has 1 aliphatic rings. The molecule has 0 spiro atoms. The summed E-state index contributed by atoms with van der Waals surface area (Å²) < 4.78 is 0. The standard InChI is InChI=1S/C23H27N3O/c1-3-26(4-2)15-13-16-8-10-17(11-9-16)22-18-12-14-24-23(27)19-6-5-7-20(25-22)21(18)19/h5-11,25H,3-4,12-15H2,1-2H3,(H,24,27). The van der Waals surface area contributed by atoms with E-state index < -0.39 is 0 Å². The van der Waals surface area contributed by atoms with Crippen LogP contribution in [0, 0.1) is 0 Å². The lowest BCUT2D eigenvalue weighted by molar-refractivity contribution is 0.0957. The zero-order chi connectivity index (χ0) is 18.8. The minimum absolute atomic E-state index is 0.0247. The third-order valence-corrected chi connectivity index (χ3v) is 5.69. The van der Waals surface area contributed by atoms with Gasteiger partial charge in [0.25, 0.3) is 5.91 Å². The molecular formula is C23H27N3O. The van der Waals surface area contributed by atoms with Gasteiger partial charge in [0.15, 0.2) is 0 Å². The Bertz CT molecular complexity index is 952. The monoisotopic (exact) mass is 361 g/mol. The third-order valence-electron chi connectivity index (χ3n) is 5.69. The predicted molar refractivity (Wildman–Crippen MR) is 111 cm³/mol. The van der Waals surface area contributed by atoms with Crippen LogP contribution in [0.25, 0.3) is 22.2 Å². The van der Waals surface area contributed by atoms with Crippen LogP contribution in [-0.4, -0.2) is 42.0 Å². The second-order valence-electron chi connectivity index (χ2n) is 7.19. The highest BCUT2D eigenvalue weighted by Crippen LogP contribution is 2.34. The van der Waals surface area contributed by atoms with Crippen LogP contribution >= 0.6 is 0 Å². The molecule has 140 valence electrons. The molecule has 27 heavy (non-hydrogen) atoms. The molecule has 1 amide bonds. The van der Waals surface area contributed by atoms with Crippen LogP contribution in [0.5, 0.6) is 0 Å². The summed E-state index contributed by atoms with van der Waals surface area (Å²) in [6, 6.07) is 14.8. The van der Waals surface area contributed by atoms with E-state index in [0.29, 0.717) is 6.54 Å². The highest BCUT2D eigenvalue weighted by molar-refractivity contribution is 6.10. The Kier molecular flexibility index (Phi) is 4.99. The van der Waals surface area contributed by atoms with Crippen molar-refractivity contribution in [1.82, 2.24) is 15.2 Å². The number of hydrogen-bond donors (Lipinski definition) is 2. The summed E-state index contributed by atoms with van der Waals surface area (Å²) in [6.45, 7) is 8.40. The zero-order valence-corrected chi connectivity index (χ0v) is 16.1. The van der Waals surface area contributed by atoms with Gasteiger partial charge in [0.05, 0.1) is 0 Å². The van der Waals surface area contributed by atoms with E-state index in [2.05, 4.69) is 59.4 Å². The maximum Gasteiger partial charge on any atom is 0.251 e. The lowest BCUT2D eigenvalue weighted by Gasteiger charge is -2.17. The molecule has 0 atom stereocenters. The van der Waals surface area contributed by atoms with Gasteiger partial charge in [0.1, 0.15) is 0 Å². The number of likely N-dealkylation sites (N-methyl/N-ethyl adjacent to an activating group) is 1. The lowest BCUT2D eigenvalue weighted by atomic mass is 9.99. The number of nitrogens with one attached hydrogen (secondary N) is 2. The van der Waals surface area contributed by atoms with E-state index in [0.717, 1.165) is 54.6 Å². The zero-order valence-electron chi connectivity index (χ0n) is 16.1. The fourth-order valence-corrected chi connectivity index (χ4v) is 4.06. The van der Waals surface area contributed by atoms with Crippen molar-refractivity contribution >= 4 is 16.8 Å². The number of rotatable bonds is 6. The second kappa shape index (κ2) is 7.57. The van der Waals surface area contributed by atoms with Gasteiger partial charge in [-0.15, -0.1) is 0 Å². The van der Waals surface area contributed by atoms with Crippen LogP contribution in [0.15, 0.2) is 42.5 Å². The van der Waals surface area contributed by atoms with Crippen molar-refractivity contribution < 1.29 is 4.79 Å². The quantitative estimate of drug-likeness (QED) is 0.697. The Balaban J connectivity index is 1.66. The molecule has 1 aliphatic heterocycles. The van der Waals surface area contributed by atoms with Crippen molar-refractivity contribution in [3.05, 3.63) is 59.2 Å². The summed E-state index contributed by atoms with van der Waals surface area (Å²) in [6.07, 6.45) is 1.92. The number of hydrogen-bond acceptors (Lipinski definition) is 2. The van der Waals surface area contributed by atoms with Crippen LogP contribution in [-0.2, 0) is 12.8 Å². The smallest absolute Gasteiger partial charge is 0.251 e. The number of benzene rings is 2. The molecule has 4 heteroatoms. The van der Waals surface area contributed by atoms with Gasteiger partial charge in [0.2, 0.25) is 0 Å². The van der Waals surface area contributed by atoms with Crippen LogP contribution in [0.3, 0.4) is 0 Å². The van der Waals surface area contributed by atoms with Gasteiger partial charge in [-0.2, -0.15) is 0 Å². The van der Waals surface area contributed by atoms with Crippen LogP contribution < -0.4 is 5.32 Å². The van der Waals surface area contributed by atoms with Crippen molar-refractivity contribution in [2.45, 2.75) is 26.7 Å². The number of aromatic amines is 1. The number of nitrogens with zero attached hydrogens (tertiary/aromatic N) is 1. The molecule has 0 radical (unpaired) electrons. The average Bonchev–Trinajstić information content (AvgIpc) is 2.98. The van der Waals surface area contributed by atoms with Crippen molar-refractivity contribution in [2.75, 3.05) is 26.2 Å². The Hall–Kier alpha value is -2.59. The van der Waals surface area contributed by atoms with Gasteiger partial charge < -0.3 is 15.2 Å². The summed E-state index contributed by atoms with van der Waals surface area (Å²) in [5.74, 6) is 0.0247. The normalized spacial score (nSPS) is 13.8. The van der Waals surface area contributed by atoms with Crippen LogP contribution in [0.2, 0.25) is 0 Å². The maximum absolute atomic E-state index is 12.3. The highest BCUT2D eigenvalue weighted by Gasteiger charge is 2.21.